The molecular formula is C22H29BrF3N7O5. The molecule has 1 aromatic rings. The maximum atomic E-state index is 13.8. The lowest BCUT2D eigenvalue weighted by atomic mass is 9.83. The number of nitrogens with two attached hydrogens (primary N) is 1. The Bertz CT molecular complexity index is 1160. The number of likely N-dealkylation sites (N-methyl/N-ethyl adjacent to an activating group) is 1. The topological polar surface area (TPSA) is 160 Å². The summed E-state index contributed by atoms with van der Waals surface area (Å²) in [5, 5.41) is 8.57. The van der Waals surface area contributed by atoms with E-state index in [1.165, 1.54) is 11.7 Å². The molecule has 2 aliphatic heterocycles. The van der Waals surface area contributed by atoms with Crippen LogP contribution in [0.15, 0.2) is 10.7 Å². The van der Waals surface area contributed by atoms with Crippen molar-refractivity contribution in [2.45, 2.75) is 64.5 Å². The highest BCUT2D eigenvalue weighted by atomic mass is 79.9. The number of fused-ring (bicyclic) bond motifs is 1. The van der Waals surface area contributed by atoms with Crippen molar-refractivity contribution in [1.29, 1.82) is 0 Å². The van der Waals surface area contributed by atoms with E-state index in [9.17, 15) is 37.1 Å². The van der Waals surface area contributed by atoms with Gasteiger partial charge in [-0.25, -0.2) is 4.68 Å². The summed E-state index contributed by atoms with van der Waals surface area (Å²) in [6.45, 7) is 4.49. The Kier molecular flexibility index (Phi) is 8.15. The zero-order chi connectivity index (χ0) is 28.7. The van der Waals surface area contributed by atoms with Crippen LogP contribution in [0.1, 0.15) is 33.6 Å². The molecule has 4 N–H and O–H groups in total. The van der Waals surface area contributed by atoms with Gasteiger partial charge in [0.2, 0.25) is 23.6 Å². The summed E-state index contributed by atoms with van der Waals surface area (Å²) in [6, 6.07) is -2.36. The number of carbonyl (C=O) groups is 5. The fraction of sp³-hybridized carbons (Fsp3) is 0.636. The summed E-state index contributed by atoms with van der Waals surface area (Å²) in [5.41, 5.74) is 4.38. The molecular weight excluding hydrogens is 579 g/mol. The smallest absolute Gasteiger partial charge is 0.368 e. The molecule has 1 spiro atoms. The Morgan fingerprint density at radius 1 is 1.29 bits per heavy atom. The van der Waals surface area contributed by atoms with E-state index in [-0.39, 0.29) is 31.8 Å². The summed E-state index contributed by atoms with van der Waals surface area (Å²) in [5.74, 6) is -4.90. The van der Waals surface area contributed by atoms with Crippen LogP contribution >= 0.6 is 15.9 Å². The van der Waals surface area contributed by atoms with Crippen LogP contribution in [0, 0.1) is 11.3 Å². The molecule has 1 unspecified atom stereocenters. The normalized spacial score (nSPS) is 22.6. The minimum absolute atomic E-state index is 0.0669. The lowest BCUT2D eigenvalue weighted by molar-refractivity contribution is -0.175. The van der Waals surface area contributed by atoms with Crippen LogP contribution in [0.25, 0.3) is 0 Å². The van der Waals surface area contributed by atoms with Crippen molar-refractivity contribution in [1.82, 2.24) is 24.9 Å². The monoisotopic (exact) mass is 607 g/mol. The van der Waals surface area contributed by atoms with Gasteiger partial charge in [-0.15, -0.1) is 0 Å². The predicted molar refractivity (Wildman–Crippen MR) is 130 cm³/mol. The van der Waals surface area contributed by atoms with Crippen molar-refractivity contribution in [2.75, 3.05) is 18.9 Å². The van der Waals surface area contributed by atoms with Crippen LogP contribution in [0.2, 0.25) is 0 Å². The van der Waals surface area contributed by atoms with Crippen LogP contribution in [0.5, 0.6) is 0 Å². The molecule has 1 fully saturated rings. The van der Waals surface area contributed by atoms with Crippen molar-refractivity contribution in [3.05, 3.63) is 10.7 Å². The third-order valence-electron chi connectivity index (χ3n) is 6.74. The number of likely N-dealkylation sites (tertiary alicyclic amines) is 1. The van der Waals surface area contributed by atoms with E-state index >= 15 is 0 Å². The zero-order valence-electron chi connectivity index (χ0n) is 21.1. The van der Waals surface area contributed by atoms with Crippen LogP contribution in [0.4, 0.5) is 19.0 Å². The molecule has 16 heteroatoms. The molecule has 210 valence electrons. The number of halogens is 4. The van der Waals surface area contributed by atoms with Crippen molar-refractivity contribution in [2.24, 2.45) is 17.1 Å². The first kappa shape index (κ1) is 29.4. The number of carbonyl (C=O) groups excluding carboxylic acids is 5. The fourth-order valence-corrected chi connectivity index (χ4v) is 5.23. The van der Waals surface area contributed by atoms with E-state index in [2.05, 4.69) is 26.3 Å². The maximum absolute atomic E-state index is 13.8. The number of alkyl halides is 3. The van der Waals surface area contributed by atoms with Gasteiger partial charge in [0.15, 0.2) is 0 Å². The molecule has 2 aliphatic rings. The quantitative estimate of drug-likeness (QED) is 0.412. The molecule has 38 heavy (non-hydrogen) atoms. The lowest BCUT2D eigenvalue weighted by Crippen LogP contribution is -2.57. The average Bonchev–Trinajstić information content (AvgIpc) is 3.36. The van der Waals surface area contributed by atoms with Crippen molar-refractivity contribution in [3.63, 3.8) is 0 Å². The fourth-order valence-electron chi connectivity index (χ4n) is 4.82. The van der Waals surface area contributed by atoms with Gasteiger partial charge in [0.05, 0.1) is 12.0 Å². The number of rotatable bonds is 7. The number of primary amides is 1. The van der Waals surface area contributed by atoms with Crippen LogP contribution < -0.4 is 16.4 Å². The van der Waals surface area contributed by atoms with E-state index < -0.39 is 59.3 Å². The number of hydrogen-bond donors (Lipinski definition) is 3. The highest BCUT2D eigenvalue weighted by Gasteiger charge is 2.56. The standard InChI is InChI=1S/C22H29BrF3N7O5/c1-10(2)5-12(31(4)17(35)11(3)28-20(38)22(24,25)26)18(36)32-8-21(7-13(32)16(27)34)9-33-15(29-19(21)37)6-14(23)30-33/h6,10-13H,5,7-9H2,1-4H3,(H2,27,34)(H,28,38)(H,29,37)/t11-,12-,13-,21?/m0/s1. The summed E-state index contributed by atoms with van der Waals surface area (Å²) in [6.07, 6.45) is -5.18. The Balaban J connectivity index is 1.88. The van der Waals surface area contributed by atoms with E-state index in [1.807, 2.05) is 0 Å². The molecule has 12 nitrogen and oxygen atoms in total. The van der Waals surface area contributed by atoms with Gasteiger partial charge in [0, 0.05) is 19.7 Å². The van der Waals surface area contributed by atoms with Crippen LogP contribution in [-0.2, 0) is 30.5 Å². The third-order valence-corrected chi connectivity index (χ3v) is 7.13. The number of anilines is 1. The van der Waals surface area contributed by atoms with Crippen molar-refractivity contribution >= 4 is 51.3 Å². The van der Waals surface area contributed by atoms with Gasteiger partial charge in [-0.1, -0.05) is 13.8 Å². The average molecular weight is 608 g/mol. The highest BCUT2D eigenvalue weighted by Crippen LogP contribution is 2.41. The summed E-state index contributed by atoms with van der Waals surface area (Å²) in [4.78, 5) is 65.7. The second-order valence-corrected chi connectivity index (χ2v) is 10.9. The Morgan fingerprint density at radius 3 is 2.47 bits per heavy atom. The molecule has 1 aromatic heterocycles. The molecule has 5 amide bonds. The van der Waals surface area contributed by atoms with Gasteiger partial charge in [-0.2, -0.15) is 18.3 Å². The minimum atomic E-state index is -5.19. The largest absolute Gasteiger partial charge is 0.471 e. The summed E-state index contributed by atoms with van der Waals surface area (Å²) >= 11 is 3.24. The Labute approximate surface area is 224 Å². The van der Waals surface area contributed by atoms with Gasteiger partial charge < -0.3 is 26.2 Å². The second-order valence-electron chi connectivity index (χ2n) is 10.1. The van der Waals surface area contributed by atoms with Crippen LogP contribution in [0.3, 0.4) is 0 Å². The van der Waals surface area contributed by atoms with Gasteiger partial charge in [0.1, 0.15) is 28.5 Å². The van der Waals surface area contributed by atoms with Gasteiger partial charge >= 0.3 is 12.1 Å². The molecule has 0 bridgehead atoms. The van der Waals surface area contributed by atoms with Crippen molar-refractivity contribution in [3.8, 4) is 0 Å². The number of aromatic nitrogens is 2. The molecule has 0 aliphatic carbocycles. The minimum Gasteiger partial charge on any atom is -0.368 e. The molecule has 0 aromatic carbocycles. The van der Waals surface area contributed by atoms with E-state index in [4.69, 9.17) is 5.73 Å². The number of amides is 5. The molecule has 0 saturated carbocycles. The molecule has 0 radical (unpaired) electrons. The van der Waals surface area contributed by atoms with Crippen molar-refractivity contribution < 1.29 is 37.1 Å². The molecule has 1 saturated heterocycles. The highest BCUT2D eigenvalue weighted by molar-refractivity contribution is 9.10. The zero-order valence-corrected chi connectivity index (χ0v) is 22.7. The van der Waals surface area contributed by atoms with Gasteiger partial charge in [0.25, 0.3) is 0 Å². The third kappa shape index (κ3) is 5.78. The molecule has 3 rings (SSSR count). The summed E-state index contributed by atoms with van der Waals surface area (Å²) < 4.78 is 40.0. The predicted octanol–water partition coefficient (Wildman–Crippen LogP) is 0.610. The Morgan fingerprint density at radius 2 is 1.92 bits per heavy atom. The maximum Gasteiger partial charge on any atom is 0.471 e. The first-order valence-corrected chi connectivity index (χ1v) is 12.5. The van der Waals surface area contributed by atoms with Crippen LogP contribution in [-0.4, -0.2) is 87.0 Å². The molecule has 3 heterocycles. The van der Waals surface area contributed by atoms with E-state index in [0.717, 1.165) is 16.7 Å². The summed E-state index contributed by atoms with van der Waals surface area (Å²) in [7, 11) is 1.23. The second kappa shape index (κ2) is 10.5. The number of nitrogens with one attached hydrogen (secondary N) is 2. The number of hydrogen-bond acceptors (Lipinski definition) is 6. The SMILES string of the molecule is CC(C)C[C@@H](C(=O)N1CC2(C[C@H]1C(N)=O)Cn1nc(Br)cc1NC2=O)N(C)C(=O)[C@H](C)NC(=O)C(F)(F)F. The van der Waals surface area contributed by atoms with Gasteiger partial charge in [-0.3, -0.25) is 24.0 Å². The molecule has 4 atom stereocenters. The first-order chi connectivity index (χ1) is 17.5. The lowest BCUT2D eigenvalue weighted by Gasteiger charge is -2.36. The first-order valence-electron chi connectivity index (χ1n) is 11.8. The number of nitrogens with zero attached hydrogens (tertiary/aromatic N) is 4. The van der Waals surface area contributed by atoms with E-state index in [0.29, 0.717) is 10.4 Å². The van der Waals surface area contributed by atoms with Gasteiger partial charge in [-0.05, 0) is 41.6 Å². The van der Waals surface area contributed by atoms with E-state index in [1.54, 1.807) is 25.2 Å². The Hall–Kier alpha value is -3.17.